The van der Waals surface area contributed by atoms with Crippen molar-refractivity contribution in [3.8, 4) is 11.5 Å². The van der Waals surface area contributed by atoms with Crippen LogP contribution in [-0.4, -0.2) is 84.9 Å². The minimum absolute atomic E-state index is 0.0408. The standard InChI is InChI=1S/C26H30N6O8/c1-4-40-26(35)24-27-20-16-22(39-3)21(38-2)15-19(20)25(34)31(24)28-23(33)9-10-29-11-13-30(14-12-29)17-5-7-18(8-6-17)32(36)37/h5-8,15-16H,4,9-14H2,1-3H3,(H,28,33). The topological polar surface area (TPSA) is 158 Å². The van der Waals surface area contributed by atoms with Crippen molar-refractivity contribution in [1.29, 1.82) is 0 Å². The summed E-state index contributed by atoms with van der Waals surface area (Å²) >= 11 is 0. The van der Waals surface area contributed by atoms with E-state index in [1.165, 1.54) is 38.5 Å². The number of fused-ring (bicyclic) bond motifs is 1. The van der Waals surface area contributed by atoms with Gasteiger partial charge in [0.1, 0.15) is 0 Å². The Labute approximate surface area is 229 Å². The molecule has 4 rings (SSSR count). The van der Waals surface area contributed by atoms with Crippen LogP contribution >= 0.6 is 0 Å². The van der Waals surface area contributed by atoms with E-state index in [-0.39, 0.29) is 35.4 Å². The number of benzene rings is 2. The molecule has 3 aromatic rings. The van der Waals surface area contributed by atoms with Crippen LogP contribution in [-0.2, 0) is 9.53 Å². The first kappa shape index (κ1) is 28.3. The molecular weight excluding hydrogens is 524 g/mol. The van der Waals surface area contributed by atoms with Crippen molar-refractivity contribution in [3.05, 3.63) is 62.7 Å². The molecule has 1 fully saturated rings. The van der Waals surface area contributed by atoms with Crippen molar-refractivity contribution in [2.24, 2.45) is 0 Å². The van der Waals surface area contributed by atoms with Gasteiger partial charge in [0, 0.05) is 63.0 Å². The molecular formula is C26H30N6O8. The molecule has 1 amide bonds. The third-order valence-corrected chi connectivity index (χ3v) is 6.52. The summed E-state index contributed by atoms with van der Waals surface area (Å²) in [6, 6.07) is 9.32. The summed E-state index contributed by atoms with van der Waals surface area (Å²) in [6.45, 7) is 4.83. The van der Waals surface area contributed by atoms with E-state index in [1.807, 2.05) is 0 Å². The molecule has 1 aromatic heterocycles. The van der Waals surface area contributed by atoms with Crippen molar-refractivity contribution in [3.63, 3.8) is 0 Å². The van der Waals surface area contributed by atoms with Crippen LogP contribution < -0.4 is 25.4 Å². The molecule has 0 unspecified atom stereocenters. The molecule has 0 bridgehead atoms. The van der Waals surface area contributed by atoms with Crippen LogP contribution in [0.1, 0.15) is 24.0 Å². The summed E-state index contributed by atoms with van der Waals surface area (Å²) < 4.78 is 16.4. The van der Waals surface area contributed by atoms with E-state index in [4.69, 9.17) is 14.2 Å². The zero-order chi connectivity index (χ0) is 28.8. The third kappa shape index (κ3) is 6.12. The van der Waals surface area contributed by atoms with Crippen LogP contribution in [0.25, 0.3) is 10.9 Å². The second-order valence-corrected chi connectivity index (χ2v) is 8.91. The van der Waals surface area contributed by atoms with Crippen molar-refractivity contribution < 1.29 is 28.7 Å². The summed E-state index contributed by atoms with van der Waals surface area (Å²) in [5.41, 5.74) is 2.95. The number of nitrogens with one attached hydrogen (secondary N) is 1. The lowest BCUT2D eigenvalue weighted by Crippen LogP contribution is -2.47. The summed E-state index contributed by atoms with van der Waals surface area (Å²) in [4.78, 5) is 57.8. The molecule has 40 heavy (non-hydrogen) atoms. The van der Waals surface area contributed by atoms with Gasteiger partial charge in [-0.15, -0.1) is 0 Å². The van der Waals surface area contributed by atoms with E-state index in [9.17, 15) is 24.5 Å². The maximum atomic E-state index is 13.3. The van der Waals surface area contributed by atoms with Crippen molar-refractivity contribution in [2.45, 2.75) is 13.3 Å². The lowest BCUT2D eigenvalue weighted by molar-refractivity contribution is -0.384. The van der Waals surface area contributed by atoms with E-state index < -0.39 is 22.4 Å². The Balaban J connectivity index is 1.44. The van der Waals surface area contributed by atoms with Gasteiger partial charge in [-0.1, -0.05) is 0 Å². The lowest BCUT2D eigenvalue weighted by Gasteiger charge is -2.36. The first-order valence-electron chi connectivity index (χ1n) is 12.6. The second kappa shape index (κ2) is 12.4. The maximum absolute atomic E-state index is 13.3. The Hall–Kier alpha value is -4.72. The lowest BCUT2D eigenvalue weighted by atomic mass is 10.2. The van der Waals surface area contributed by atoms with Crippen LogP contribution in [0.5, 0.6) is 11.5 Å². The number of nitro benzene ring substituents is 1. The number of amides is 1. The molecule has 1 aliphatic rings. The number of esters is 1. The highest BCUT2D eigenvalue weighted by molar-refractivity contribution is 5.92. The minimum Gasteiger partial charge on any atom is -0.493 e. The number of hydrogen-bond acceptors (Lipinski definition) is 11. The smallest absolute Gasteiger partial charge is 0.376 e. The van der Waals surface area contributed by atoms with Crippen LogP contribution in [0.15, 0.2) is 41.2 Å². The number of anilines is 1. The molecule has 2 aromatic carbocycles. The van der Waals surface area contributed by atoms with E-state index in [0.29, 0.717) is 44.2 Å². The van der Waals surface area contributed by atoms with Gasteiger partial charge in [0.05, 0.1) is 36.7 Å². The molecule has 14 heteroatoms. The maximum Gasteiger partial charge on any atom is 0.376 e. The van der Waals surface area contributed by atoms with E-state index >= 15 is 0 Å². The second-order valence-electron chi connectivity index (χ2n) is 8.91. The van der Waals surface area contributed by atoms with Crippen LogP contribution in [0.4, 0.5) is 11.4 Å². The van der Waals surface area contributed by atoms with Crippen LogP contribution in [0.3, 0.4) is 0 Å². The van der Waals surface area contributed by atoms with Gasteiger partial charge in [-0.2, -0.15) is 4.68 Å². The van der Waals surface area contributed by atoms with Crippen molar-refractivity contribution >= 4 is 34.2 Å². The molecule has 0 saturated carbocycles. The Bertz CT molecular complexity index is 1460. The predicted octanol–water partition coefficient (Wildman–Crippen LogP) is 1.78. The number of piperazine rings is 1. The minimum atomic E-state index is -0.862. The van der Waals surface area contributed by atoms with E-state index in [1.54, 1.807) is 19.1 Å². The molecule has 1 N–H and O–H groups in total. The third-order valence-electron chi connectivity index (χ3n) is 6.52. The zero-order valence-corrected chi connectivity index (χ0v) is 22.4. The molecule has 0 radical (unpaired) electrons. The number of ether oxygens (including phenoxy) is 3. The molecule has 212 valence electrons. The van der Waals surface area contributed by atoms with Crippen LogP contribution in [0.2, 0.25) is 0 Å². The van der Waals surface area contributed by atoms with Gasteiger partial charge >= 0.3 is 5.97 Å². The first-order valence-corrected chi connectivity index (χ1v) is 12.6. The number of hydrogen-bond donors (Lipinski definition) is 1. The fourth-order valence-corrected chi connectivity index (χ4v) is 4.40. The number of carbonyl (C=O) groups is 2. The number of carbonyl (C=O) groups excluding carboxylic acids is 2. The SMILES string of the molecule is CCOC(=O)c1nc2cc(OC)c(OC)cc2c(=O)n1NC(=O)CCN1CCN(c2ccc([N+](=O)[O-])cc2)CC1. The van der Waals surface area contributed by atoms with Crippen molar-refractivity contribution in [1.82, 2.24) is 14.6 Å². The number of methoxy groups -OCH3 is 2. The summed E-state index contributed by atoms with van der Waals surface area (Å²) in [7, 11) is 2.86. The number of nitrogens with zero attached hydrogens (tertiary/aromatic N) is 5. The molecule has 0 atom stereocenters. The molecule has 1 saturated heterocycles. The summed E-state index contributed by atoms with van der Waals surface area (Å²) in [6.07, 6.45) is 0.0657. The van der Waals surface area contributed by atoms with Crippen LogP contribution in [0, 0.1) is 10.1 Å². The van der Waals surface area contributed by atoms with Gasteiger partial charge in [0.15, 0.2) is 11.5 Å². The van der Waals surface area contributed by atoms with E-state index in [0.717, 1.165) is 10.4 Å². The highest BCUT2D eigenvalue weighted by Gasteiger charge is 2.23. The number of aromatic nitrogens is 2. The molecule has 0 spiro atoms. The average Bonchev–Trinajstić information content (AvgIpc) is 2.97. The van der Waals surface area contributed by atoms with Gasteiger partial charge in [-0.25, -0.2) is 9.78 Å². The number of nitro groups is 1. The normalized spacial score (nSPS) is 13.6. The Morgan fingerprint density at radius 3 is 2.30 bits per heavy atom. The molecule has 2 heterocycles. The van der Waals surface area contributed by atoms with Gasteiger partial charge in [0.25, 0.3) is 11.2 Å². The highest BCUT2D eigenvalue weighted by Crippen LogP contribution is 2.30. The number of non-ortho nitro benzene ring substituents is 1. The quantitative estimate of drug-likeness (QED) is 0.221. The fourth-order valence-electron chi connectivity index (χ4n) is 4.40. The van der Waals surface area contributed by atoms with Gasteiger partial charge in [-0.05, 0) is 25.1 Å². The fraction of sp³-hybridized carbons (Fsp3) is 0.385. The summed E-state index contributed by atoms with van der Waals surface area (Å²) in [5.74, 6) is -1.08. The Morgan fingerprint density at radius 2 is 1.70 bits per heavy atom. The van der Waals surface area contributed by atoms with E-state index in [2.05, 4.69) is 20.2 Å². The Kier molecular flexibility index (Phi) is 8.79. The van der Waals surface area contributed by atoms with Gasteiger partial charge in [-0.3, -0.25) is 30.0 Å². The van der Waals surface area contributed by atoms with Gasteiger partial charge < -0.3 is 19.1 Å². The van der Waals surface area contributed by atoms with Crippen molar-refractivity contribution in [2.75, 3.05) is 63.9 Å². The molecule has 14 nitrogen and oxygen atoms in total. The largest absolute Gasteiger partial charge is 0.493 e. The summed E-state index contributed by atoms with van der Waals surface area (Å²) in [5, 5.41) is 11.0. The average molecular weight is 555 g/mol. The monoisotopic (exact) mass is 554 g/mol. The molecule has 0 aliphatic carbocycles. The van der Waals surface area contributed by atoms with Gasteiger partial charge in [0.2, 0.25) is 11.7 Å². The zero-order valence-electron chi connectivity index (χ0n) is 22.4. The Morgan fingerprint density at radius 1 is 1.05 bits per heavy atom. The highest BCUT2D eigenvalue weighted by atomic mass is 16.6. The number of rotatable bonds is 10. The molecule has 1 aliphatic heterocycles. The predicted molar refractivity (Wildman–Crippen MR) is 146 cm³/mol. The first-order chi connectivity index (χ1) is 19.2.